The van der Waals surface area contributed by atoms with E-state index in [-0.39, 0.29) is 18.2 Å². The van der Waals surface area contributed by atoms with E-state index < -0.39 is 0 Å². The van der Waals surface area contributed by atoms with Crippen molar-refractivity contribution in [3.05, 3.63) is 47.0 Å². The van der Waals surface area contributed by atoms with Gasteiger partial charge in [0.2, 0.25) is 0 Å². The van der Waals surface area contributed by atoms with Crippen molar-refractivity contribution in [2.75, 3.05) is 24.6 Å². The zero-order valence-corrected chi connectivity index (χ0v) is 23.6. The van der Waals surface area contributed by atoms with Crippen molar-refractivity contribution in [2.45, 2.75) is 78.2 Å². The Morgan fingerprint density at radius 3 is 2.71 bits per heavy atom. The summed E-state index contributed by atoms with van der Waals surface area (Å²) < 4.78 is 10.2. The molecule has 2 aliphatic heterocycles. The quantitative estimate of drug-likeness (QED) is 0.346. The van der Waals surface area contributed by atoms with Gasteiger partial charge in [0, 0.05) is 42.8 Å². The van der Waals surface area contributed by atoms with Gasteiger partial charge in [0.05, 0.1) is 12.6 Å². The molecule has 2 aliphatic rings. The zero-order chi connectivity index (χ0) is 26.6. The van der Waals surface area contributed by atoms with Crippen molar-refractivity contribution < 1.29 is 4.74 Å². The maximum Gasteiger partial charge on any atom is 0.258 e. The lowest BCUT2D eigenvalue weighted by atomic mass is 9.91. The van der Waals surface area contributed by atoms with Crippen LogP contribution in [0.1, 0.15) is 58.0 Å². The number of imidazole rings is 1. The van der Waals surface area contributed by atoms with Gasteiger partial charge in [0.15, 0.2) is 11.5 Å². The minimum atomic E-state index is 0.205. The number of fused-ring (bicyclic) bond motifs is 3. The third-order valence-electron chi connectivity index (χ3n) is 8.20. The van der Waals surface area contributed by atoms with Crippen LogP contribution in [0.3, 0.4) is 0 Å². The van der Waals surface area contributed by atoms with Crippen LogP contribution in [0.15, 0.2) is 30.6 Å². The standard InChI is InChI=1S/C28H37ClN8O/c1-17(2)25(21-8-6-9-22(29)12-21)34-13-19(4)35(14-18(34)3)26-24-27(37-16-30-33-28(37)32-26)36(20(5)31-24)15-23-10-7-11-38-23/h6,8-9,12,16-19,23,25H,7,10-11,13-15H2,1-5H3/t18-,19+,23+,25+/m1/s1. The summed E-state index contributed by atoms with van der Waals surface area (Å²) in [7, 11) is 0. The number of piperazine rings is 1. The first kappa shape index (κ1) is 25.5. The number of hydrogen-bond acceptors (Lipinski definition) is 7. The van der Waals surface area contributed by atoms with Crippen LogP contribution in [-0.2, 0) is 11.3 Å². The van der Waals surface area contributed by atoms with E-state index in [1.807, 2.05) is 10.5 Å². The van der Waals surface area contributed by atoms with E-state index in [9.17, 15) is 0 Å². The average Bonchev–Trinajstić information content (AvgIpc) is 3.62. The summed E-state index contributed by atoms with van der Waals surface area (Å²) in [4.78, 5) is 15.1. The molecule has 6 rings (SSSR count). The van der Waals surface area contributed by atoms with Crippen LogP contribution >= 0.6 is 11.6 Å². The highest BCUT2D eigenvalue weighted by molar-refractivity contribution is 6.30. The molecule has 4 aromatic rings. The lowest BCUT2D eigenvalue weighted by Gasteiger charge is -2.49. The zero-order valence-electron chi connectivity index (χ0n) is 22.9. The van der Waals surface area contributed by atoms with Crippen LogP contribution < -0.4 is 4.90 Å². The molecule has 0 saturated carbocycles. The van der Waals surface area contributed by atoms with Crippen LogP contribution in [0.5, 0.6) is 0 Å². The smallest absolute Gasteiger partial charge is 0.258 e. The third-order valence-corrected chi connectivity index (χ3v) is 8.44. The van der Waals surface area contributed by atoms with Crippen molar-refractivity contribution in [1.29, 1.82) is 0 Å². The van der Waals surface area contributed by atoms with E-state index in [0.29, 0.717) is 17.7 Å². The minimum Gasteiger partial charge on any atom is -0.376 e. The Morgan fingerprint density at radius 1 is 1.13 bits per heavy atom. The minimum absolute atomic E-state index is 0.205. The molecule has 0 aliphatic carbocycles. The number of aromatic nitrogens is 6. The summed E-state index contributed by atoms with van der Waals surface area (Å²) in [5.41, 5.74) is 3.16. The summed E-state index contributed by atoms with van der Waals surface area (Å²) in [6.07, 6.45) is 4.13. The normalized spacial score (nSPS) is 23.8. The monoisotopic (exact) mass is 536 g/mol. The summed E-state index contributed by atoms with van der Waals surface area (Å²) >= 11 is 6.40. The lowest BCUT2D eigenvalue weighted by Crippen LogP contribution is -2.58. The molecule has 9 nitrogen and oxygen atoms in total. The van der Waals surface area contributed by atoms with Gasteiger partial charge >= 0.3 is 0 Å². The summed E-state index contributed by atoms with van der Waals surface area (Å²) in [6, 6.07) is 9.14. The highest BCUT2D eigenvalue weighted by Gasteiger charge is 2.37. The van der Waals surface area contributed by atoms with Crippen LogP contribution in [0.2, 0.25) is 5.02 Å². The second-order valence-electron chi connectivity index (χ2n) is 11.3. The van der Waals surface area contributed by atoms with Gasteiger partial charge in [-0.3, -0.25) is 4.90 Å². The Kier molecular flexibility index (Phi) is 6.78. The van der Waals surface area contributed by atoms with E-state index in [1.54, 1.807) is 6.33 Å². The number of ether oxygens (including phenoxy) is 1. The van der Waals surface area contributed by atoms with Crippen molar-refractivity contribution in [1.82, 2.24) is 34.0 Å². The number of benzene rings is 1. The second-order valence-corrected chi connectivity index (χ2v) is 11.7. The molecular formula is C28H37ClN8O. The summed E-state index contributed by atoms with van der Waals surface area (Å²) in [5.74, 6) is 2.89. The molecule has 0 radical (unpaired) electrons. The number of rotatable bonds is 6. The fraction of sp³-hybridized carbons (Fsp3) is 0.571. The molecule has 38 heavy (non-hydrogen) atoms. The van der Waals surface area contributed by atoms with Gasteiger partial charge in [-0.1, -0.05) is 37.6 Å². The van der Waals surface area contributed by atoms with Crippen LogP contribution in [0, 0.1) is 12.8 Å². The Bertz CT molecular complexity index is 1440. The summed E-state index contributed by atoms with van der Waals surface area (Å²) in [6.45, 7) is 14.6. The van der Waals surface area contributed by atoms with Gasteiger partial charge < -0.3 is 14.2 Å². The maximum atomic E-state index is 6.40. The first-order valence-electron chi connectivity index (χ1n) is 13.8. The third kappa shape index (κ3) is 4.44. The van der Waals surface area contributed by atoms with E-state index in [1.165, 1.54) is 5.56 Å². The number of hydrogen-bond donors (Lipinski definition) is 0. The van der Waals surface area contributed by atoms with Crippen molar-refractivity contribution >= 4 is 34.4 Å². The molecule has 1 aromatic carbocycles. The fourth-order valence-electron chi connectivity index (χ4n) is 6.45. The fourth-order valence-corrected chi connectivity index (χ4v) is 6.65. The first-order chi connectivity index (χ1) is 18.3. The summed E-state index contributed by atoms with van der Waals surface area (Å²) in [5, 5.41) is 9.32. The van der Waals surface area contributed by atoms with E-state index in [4.69, 9.17) is 26.3 Å². The Balaban J connectivity index is 1.37. The number of aryl methyl sites for hydroxylation is 1. The van der Waals surface area contributed by atoms with Gasteiger partial charge in [-0.25, -0.2) is 9.38 Å². The van der Waals surface area contributed by atoms with E-state index in [2.05, 4.69) is 77.4 Å². The molecule has 2 saturated heterocycles. The molecule has 0 spiro atoms. The largest absolute Gasteiger partial charge is 0.376 e. The van der Waals surface area contributed by atoms with Gasteiger partial charge in [0.25, 0.3) is 5.78 Å². The highest BCUT2D eigenvalue weighted by atomic mass is 35.5. The predicted octanol–water partition coefficient (Wildman–Crippen LogP) is 4.91. The van der Waals surface area contributed by atoms with Gasteiger partial charge in [0.1, 0.15) is 17.7 Å². The average molecular weight is 537 g/mol. The van der Waals surface area contributed by atoms with Crippen LogP contribution in [0.25, 0.3) is 16.9 Å². The molecule has 5 heterocycles. The number of nitrogens with zero attached hydrogens (tertiary/aromatic N) is 8. The molecule has 10 heteroatoms. The molecule has 0 amide bonds. The molecule has 3 aromatic heterocycles. The lowest BCUT2D eigenvalue weighted by molar-refractivity contribution is 0.0822. The molecular weight excluding hydrogens is 500 g/mol. The SMILES string of the molecule is Cc1nc2c(N3C[C@@H](C)N([C@H](c4cccc(Cl)c4)C(C)C)C[C@@H]3C)nc3nncn3c2n1C[C@@H]1CCCO1. The molecule has 0 bridgehead atoms. The van der Waals surface area contributed by atoms with Crippen molar-refractivity contribution in [3.63, 3.8) is 0 Å². The Labute approximate surface area is 228 Å². The van der Waals surface area contributed by atoms with Gasteiger partial charge in [-0.2, -0.15) is 4.98 Å². The molecule has 202 valence electrons. The van der Waals surface area contributed by atoms with Crippen molar-refractivity contribution in [2.24, 2.45) is 5.92 Å². The van der Waals surface area contributed by atoms with E-state index >= 15 is 0 Å². The first-order valence-corrected chi connectivity index (χ1v) is 14.2. The topological polar surface area (TPSA) is 76.6 Å². The highest BCUT2D eigenvalue weighted by Crippen LogP contribution is 2.37. The second kappa shape index (κ2) is 10.1. The predicted molar refractivity (Wildman–Crippen MR) is 150 cm³/mol. The molecule has 0 N–H and O–H groups in total. The van der Waals surface area contributed by atoms with E-state index in [0.717, 1.165) is 66.9 Å². The molecule has 4 atom stereocenters. The van der Waals surface area contributed by atoms with Gasteiger partial charge in [-0.15, -0.1) is 10.2 Å². The maximum absolute atomic E-state index is 6.40. The van der Waals surface area contributed by atoms with Crippen molar-refractivity contribution in [3.8, 4) is 0 Å². The Hall–Kier alpha value is -2.75. The number of halogens is 1. The molecule has 2 fully saturated rings. The van der Waals surface area contributed by atoms with Crippen LogP contribution in [-0.4, -0.2) is 71.9 Å². The number of anilines is 1. The van der Waals surface area contributed by atoms with Gasteiger partial charge in [-0.05, 0) is 57.2 Å². The van der Waals surface area contributed by atoms with Crippen LogP contribution in [0.4, 0.5) is 5.82 Å². The molecule has 0 unspecified atom stereocenters. The Morgan fingerprint density at radius 2 is 1.97 bits per heavy atom.